The van der Waals surface area contributed by atoms with Gasteiger partial charge in [0.2, 0.25) is 5.88 Å². The van der Waals surface area contributed by atoms with Crippen molar-refractivity contribution in [3.63, 3.8) is 0 Å². The standard InChI is InChI=1S/C8H7NO2/c10-7-5-3-1-2-4-6(5)9-8(7)11/h1-4,9-11H. The van der Waals surface area contributed by atoms with Crippen LogP contribution in [0.1, 0.15) is 0 Å². The minimum absolute atomic E-state index is 0.0828. The number of hydrogen-bond acceptors (Lipinski definition) is 2. The van der Waals surface area contributed by atoms with Gasteiger partial charge in [-0.2, -0.15) is 0 Å². The number of benzene rings is 1. The highest BCUT2D eigenvalue weighted by Gasteiger charge is 2.06. The zero-order valence-corrected chi connectivity index (χ0v) is 5.70. The molecule has 11 heavy (non-hydrogen) atoms. The molecule has 0 spiro atoms. The summed E-state index contributed by atoms with van der Waals surface area (Å²) in [5.41, 5.74) is 0.738. The Bertz CT molecular complexity index is 392. The zero-order valence-electron chi connectivity index (χ0n) is 5.70. The number of rotatable bonds is 0. The van der Waals surface area contributed by atoms with E-state index < -0.39 is 0 Å². The van der Waals surface area contributed by atoms with Crippen molar-refractivity contribution in [3.05, 3.63) is 24.3 Å². The molecular weight excluding hydrogens is 142 g/mol. The molecule has 0 radical (unpaired) electrons. The van der Waals surface area contributed by atoms with Gasteiger partial charge in [0.05, 0.1) is 5.52 Å². The van der Waals surface area contributed by atoms with Crippen molar-refractivity contribution in [3.8, 4) is 11.6 Å². The van der Waals surface area contributed by atoms with Crippen molar-refractivity contribution in [2.75, 3.05) is 0 Å². The minimum atomic E-state index is -0.175. The number of aromatic amines is 1. The van der Waals surface area contributed by atoms with Gasteiger partial charge in [-0.1, -0.05) is 12.1 Å². The number of fused-ring (bicyclic) bond motifs is 1. The van der Waals surface area contributed by atoms with Crippen LogP contribution in [0.4, 0.5) is 0 Å². The molecule has 0 saturated carbocycles. The van der Waals surface area contributed by atoms with Crippen molar-refractivity contribution >= 4 is 10.9 Å². The second-order valence-corrected chi connectivity index (χ2v) is 2.37. The second-order valence-electron chi connectivity index (χ2n) is 2.37. The lowest BCUT2D eigenvalue weighted by atomic mass is 10.2. The number of nitrogens with one attached hydrogen (secondary N) is 1. The van der Waals surface area contributed by atoms with Crippen LogP contribution in [0, 0.1) is 0 Å². The molecule has 0 aliphatic carbocycles. The van der Waals surface area contributed by atoms with E-state index in [9.17, 15) is 5.11 Å². The van der Waals surface area contributed by atoms with Gasteiger partial charge in [-0.25, -0.2) is 0 Å². The molecule has 0 saturated heterocycles. The molecule has 2 aromatic rings. The summed E-state index contributed by atoms with van der Waals surface area (Å²) < 4.78 is 0. The molecule has 3 nitrogen and oxygen atoms in total. The molecule has 0 atom stereocenters. The van der Waals surface area contributed by atoms with Crippen molar-refractivity contribution in [1.82, 2.24) is 4.98 Å². The van der Waals surface area contributed by atoms with Gasteiger partial charge in [-0.05, 0) is 12.1 Å². The van der Waals surface area contributed by atoms with Gasteiger partial charge in [0.15, 0.2) is 5.75 Å². The average molecular weight is 149 g/mol. The molecular formula is C8H7NO2. The third-order valence-corrected chi connectivity index (χ3v) is 1.66. The Kier molecular flexibility index (Phi) is 1.06. The number of H-pyrrole nitrogens is 1. The molecule has 0 amide bonds. The number of aromatic nitrogens is 1. The van der Waals surface area contributed by atoms with E-state index >= 15 is 0 Å². The van der Waals surface area contributed by atoms with Crippen LogP contribution >= 0.6 is 0 Å². The molecule has 2 rings (SSSR count). The Labute approximate surface area is 62.9 Å². The first-order valence-corrected chi connectivity index (χ1v) is 3.27. The molecule has 56 valence electrons. The summed E-state index contributed by atoms with van der Waals surface area (Å²) in [6.45, 7) is 0. The average Bonchev–Trinajstić information content (AvgIpc) is 2.30. The second kappa shape index (κ2) is 1.92. The zero-order chi connectivity index (χ0) is 7.84. The number of hydrogen-bond donors (Lipinski definition) is 3. The highest BCUT2D eigenvalue weighted by Crippen LogP contribution is 2.32. The van der Waals surface area contributed by atoms with E-state index in [0.717, 1.165) is 5.52 Å². The normalized spacial score (nSPS) is 10.5. The fourth-order valence-electron chi connectivity index (χ4n) is 1.11. The third-order valence-electron chi connectivity index (χ3n) is 1.66. The topological polar surface area (TPSA) is 56.2 Å². The van der Waals surface area contributed by atoms with Gasteiger partial charge in [0.25, 0.3) is 0 Å². The monoisotopic (exact) mass is 149 g/mol. The van der Waals surface area contributed by atoms with Gasteiger partial charge in [-0.15, -0.1) is 0 Å². The van der Waals surface area contributed by atoms with E-state index in [0.29, 0.717) is 5.39 Å². The van der Waals surface area contributed by atoms with Crippen LogP contribution in [0.5, 0.6) is 11.6 Å². The Morgan fingerprint density at radius 3 is 2.55 bits per heavy atom. The lowest BCUT2D eigenvalue weighted by molar-refractivity contribution is 0.398. The molecule has 1 aromatic carbocycles. The predicted molar refractivity (Wildman–Crippen MR) is 41.6 cm³/mol. The smallest absolute Gasteiger partial charge is 0.233 e. The summed E-state index contributed by atoms with van der Waals surface area (Å²) >= 11 is 0. The van der Waals surface area contributed by atoms with Gasteiger partial charge in [-0.3, -0.25) is 0 Å². The van der Waals surface area contributed by atoms with Gasteiger partial charge in [0, 0.05) is 5.39 Å². The van der Waals surface area contributed by atoms with E-state index in [-0.39, 0.29) is 11.6 Å². The molecule has 0 fully saturated rings. The van der Waals surface area contributed by atoms with Crippen LogP contribution in [0.2, 0.25) is 0 Å². The van der Waals surface area contributed by atoms with Crippen LogP contribution in [-0.4, -0.2) is 15.2 Å². The van der Waals surface area contributed by atoms with Crippen LogP contribution in [0.15, 0.2) is 24.3 Å². The summed E-state index contributed by atoms with van der Waals surface area (Å²) in [5.74, 6) is -0.258. The molecule has 3 N–H and O–H groups in total. The van der Waals surface area contributed by atoms with Gasteiger partial charge < -0.3 is 15.2 Å². The Morgan fingerprint density at radius 1 is 1.09 bits per heavy atom. The molecule has 0 unspecified atom stereocenters. The molecule has 1 heterocycles. The van der Waals surface area contributed by atoms with Crippen molar-refractivity contribution in [2.24, 2.45) is 0 Å². The van der Waals surface area contributed by atoms with E-state index in [1.165, 1.54) is 0 Å². The van der Waals surface area contributed by atoms with Crippen LogP contribution in [-0.2, 0) is 0 Å². The minimum Gasteiger partial charge on any atom is -0.503 e. The SMILES string of the molecule is Oc1[nH]c2ccccc2c1O. The van der Waals surface area contributed by atoms with Crippen molar-refractivity contribution in [2.45, 2.75) is 0 Å². The molecule has 1 aromatic heterocycles. The number of aromatic hydroxyl groups is 2. The fraction of sp³-hybridized carbons (Fsp3) is 0. The maximum Gasteiger partial charge on any atom is 0.233 e. The summed E-state index contributed by atoms with van der Waals surface area (Å²) in [7, 11) is 0. The van der Waals surface area contributed by atoms with Crippen molar-refractivity contribution < 1.29 is 10.2 Å². The highest BCUT2D eigenvalue weighted by atomic mass is 16.3. The Balaban J connectivity index is 2.92. The maximum absolute atomic E-state index is 9.22. The summed E-state index contributed by atoms with van der Waals surface area (Å²) in [6.07, 6.45) is 0. The van der Waals surface area contributed by atoms with E-state index in [1.807, 2.05) is 6.07 Å². The van der Waals surface area contributed by atoms with Crippen LogP contribution in [0.25, 0.3) is 10.9 Å². The first-order valence-electron chi connectivity index (χ1n) is 3.27. The van der Waals surface area contributed by atoms with Crippen LogP contribution < -0.4 is 0 Å². The summed E-state index contributed by atoms with van der Waals surface area (Å²) in [4.78, 5) is 2.63. The van der Waals surface area contributed by atoms with Gasteiger partial charge in [0.1, 0.15) is 0 Å². The summed E-state index contributed by atoms with van der Waals surface area (Å²) in [5, 5.41) is 18.9. The lowest BCUT2D eigenvalue weighted by Gasteiger charge is -1.86. The summed E-state index contributed by atoms with van der Waals surface area (Å²) in [6, 6.07) is 7.16. The predicted octanol–water partition coefficient (Wildman–Crippen LogP) is 1.58. The molecule has 0 aliphatic heterocycles. The van der Waals surface area contributed by atoms with Gasteiger partial charge >= 0.3 is 0 Å². The first kappa shape index (κ1) is 6.09. The van der Waals surface area contributed by atoms with Crippen molar-refractivity contribution in [1.29, 1.82) is 0 Å². The lowest BCUT2D eigenvalue weighted by Crippen LogP contribution is -1.63. The maximum atomic E-state index is 9.22. The molecule has 3 heteroatoms. The highest BCUT2D eigenvalue weighted by molar-refractivity contribution is 5.88. The van der Waals surface area contributed by atoms with E-state index in [4.69, 9.17) is 5.11 Å². The van der Waals surface area contributed by atoms with Crippen LogP contribution in [0.3, 0.4) is 0 Å². The Morgan fingerprint density at radius 2 is 1.82 bits per heavy atom. The largest absolute Gasteiger partial charge is 0.503 e. The quantitative estimate of drug-likeness (QED) is 0.532. The first-order chi connectivity index (χ1) is 5.29. The molecule has 0 aliphatic rings. The fourth-order valence-corrected chi connectivity index (χ4v) is 1.11. The van der Waals surface area contributed by atoms with E-state index in [1.54, 1.807) is 18.2 Å². The molecule has 0 bridgehead atoms. The number of para-hydroxylation sites is 1. The third kappa shape index (κ3) is 0.741. The van der Waals surface area contributed by atoms with E-state index in [2.05, 4.69) is 4.98 Å². The Hall–Kier alpha value is -1.64.